The SMILES string of the molecule is C=CC[Si](C)(C)C=CC(=O)OCCC. The summed E-state index contributed by atoms with van der Waals surface area (Å²) in [6, 6.07) is 0.991. The molecule has 0 aromatic rings. The largest absolute Gasteiger partial charge is 0.463 e. The van der Waals surface area contributed by atoms with Crippen molar-refractivity contribution in [2.45, 2.75) is 32.5 Å². The van der Waals surface area contributed by atoms with E-state index < -0.39 is 8.07 Å². The topological polar surface area (TPSA) is 26.3 Å². The summed E-state index contributed by atoms with van der Waals surface area (Å²) in [5, 5.41) is 0. The summed E-state index contributed by atoms with van der Waals surface area (Å²) in [5.41, 5.74) is 2.01. The van der Waals surface area contributed by atoms with Crippen LogP contribution in [0.15, 0.2) is 24.4 Å². The second-order valence-electron chi connectivity index (χ2n) is 3.98. The zero-order valence-electron chi connectivity index (χ0n) is 9.38. The smallest absolute Gasteiger partial charge is 0.330 e. The minimum atomic E-state index is -1.40. The number of hydrogen-bond donors (Lipinski definition) is 0. The molecule has 0 rings (SSSR count). The fourth-order valence-corrected chi connectivity index (χ4v) is 2.45. The molecule has 0 amide bonds. The zero-order chi connectivity index (χ0) is 11.0. The van der Waals surface area contributed by atoms with Crippen LogP contribution in [0, 0.1) is 0 Å². The summed E-state index contributed by atoms with van der Waals surface area (Å²) < 4.78 is 4.94. The van der Waals surface area contributed by atoms with Gasteiger partial charge in [-0.2, -0.15) is 0 Å². The minimum Gasteiger partial charge on any atom is -0.463 e. The van der Waals surface area contributed by atoms with E-state index in [1.54, 1.807) is 6.08 Å². The third-order valence-corrected chi connectivity index (χ3v) is 4.20. The normalized spacial score (nSPS) is 11.6. The second kappa shape index (κ2) is 6.60. The number of rotatable bonds is 6. The van der Waals surface area contributed by atoms with Crippen molar-refractivity contribution in [2.75, 3.05) is 6.61 Å². The van der Waals surface area contributed by atoms with Crippen molar-refractivity contribution in [3.05, 3.63) is 24.4 Å². The molecule has 0 unspecified atom stereocenters. The summed E-state index contributed by atoms with van der Waals surface area (Å²) in [5.74, 6) is -0.225. The molecule has 0 aromatic carbocycles. The molecule has 80 valence electrons. The molecular weight excluding hydrogens is 192 g/mol. The molecule has 0 aliphatic rings. The van der Waals surface area contributed by atoms with Crippen LogP contribution in [-0.2, 0) is 9.53 Å². The third-order valence-electron chi connectivity index (χ3n) is 1.79. The molecule has 0 radical (unpaired) electrons. The first-order valence-corrected chi connectivity index (χ1v) is 8.27. The van der Waals surface area contributed by atoms with Crippen LogP contribution in [0.25, 0.3) is 0 Å². The quantitative estimate of drug-likeness (QED) is 0.293. The average molecular weight is 212 g/mol. The molecule has 0 aliphatic heterocycles. The first-order valence-electron chi connectivity index (χ1n) is 4.98. The van der Waals surface area contributed by atoms with Gasteiger partial charge in [0.2, 0.25) is 0 Å². The highest BCUT2D eigenvalue weighted by Crippen LogP contribution is 2.10. The van der Waals surface area contributed by atoms with E-state index in [0.717, 1.165) is 12.5 Å². The highest BCUT2D eigenvalue weighted by molar-refractivity contribution is 6.82. The molecule has 0 bridgehead atoms. The van der Waals surface area contributed by atoms with Crippen LogP contribution in [0.5, 0.6) is 0 Å². The Morgan fingerprint density at radius 2 is 2.14 bits per heavy atom. The monoisotopic (exact) mass is 212 g/mol. The van der Waals surface area contributed by atoms with Gasteiger partial charge in [0.15, 0.2) is 0 Å². The molecular formula is C11H20O2Si. The molecule has 0 heterocycles. The van der Waals surface area contributed by atoms with Crippen molar-refractivity contribution in [1.29, 1.82) is 0 Å². The van der Waals surface area contributed by atoms with E-state index in [4.69, 9.17) is 4.74 Å². The molecule has 0 spiro atoms. The van der Waals surface area contributed by atoms with Gasteiger partial charge in [0, 0.05) is 6.08 Å². The Bertz CT molecular complexity index is 219. The first kappa shape index (κ1) is 13.2. The van der Waals surface area contributed by atoms with E-state index in [9.17, 15) is 4.79 Å². The number of esters is 1. The molecule has 0 aliphatic carbocycles. The van der Waals surface area contributed by atoms with Gasteiger partial charge in [-0.25, -0.2) is 4.79 Å². The highest BCUT2D eigenvalue weighted by Gasteiger charge is 2.14. The molecule has 0 atom stereocenters. The maximum Gasteiger partial charge on any atom is 0.330 e. The van der Waals surface area contributed by atoms with Gasteiger partial charge in [0.05, 0.1) is 14.7 Å². The Labute approximate surface area is 87.7 Å². The van der Waals surface area contributed by atoms with Crippen molar-refractivity contribution in [2.24, 2.45) is 0 Å². The zero-order valence-corrected chi connectivity index (χ0v) is 10.4. The van der Waals surface area contributed by atoms with Crippen molar-refractivity contribution in [1.82, 2.24) is 0 Å². The van der Waals surface area contributed by atoms with Crippen molar-refractivity contribution >= 4 is 14.0 Å². The fourth-order valence-electron chi connectivity index (χ4n) is 0.984. The third kappa shape index (κ3) is 6.66. The molecule has 0 aromatic heterocycles. The van der Waals surface area contributed by atoms with Gasteiger partial charge in [-0.05, 0) is 12.5 Å². The number of carbonyl (C=O) groups is 1. The van der Waals surface area contributed by atoms with Crippen LogP contribution in [0.4, 0.5) is 0 Å². The highest BCUT2D eigenvalue weighted by atomic mass is 28.3. The van der Waals surface area contributed by atoms with Gasteiger partial charge >= 0.3 is 5.97 Å². The molecule has 0 fully saturated rings. The van der Waals surface area contributed by atoms with Crippen molar-refractivity contribution in [3.63, 3.8) is 0 Å². The van der Waals surface area contributed by atoms with Crippen LogP contribution >= 0.6 is 0 Å². The Kier molecular flexibility index (Phi) is 6.20. The van der Waals surface area contributed by atoms with E-state index in [-0.39, 0.29) is 5.97 Å². The van der Waals surface area contributed by atoms with Crippen LogP contribution in [0.1, 0.15) is 13.3 Å². The molecule has 0 N–H and O–H groups in total. The molecule has 0 saturated heterocycles. The Morgan fingerprint density at radius 3 is 2.64 bits per heavy atom. The maximum absolute atomic E-state index is 11.1. The molecule has 14 heavy (non-hydrogen) atoms. The summed E-state index contributed by atoms with van der Waals surface area (Å²) in [7, 11) is -1.40. The van der Waals surface area contributed by atoms with Crippen LogP contribution in [-0.4, -0.2) is 20.7 Å². The first-order chi connectivity index (χ1) is 6.52. The van der Waals surface area contributed by atoms with E-state index >= 15 is 0 Å². The lowest BCUT2D eigenvalue weighted by molar-refractivity contribution is -0.137. The predicted molar refractivity (Wildman–Crippen MR) is 62.9 cm³/mol. The minimum absolute atomic E-state index is 0.225. The standard InChI is InChI=1S/C11H20O2Si/c1-5-8-13-11(12)7-10-14(3,4)9-6-2/h6-7,10H,2,5,8-9H2,1,3-4H3. The van der Waals surface area contributed by atoms with Gasteiger partial charge < -0.3 is 4.74 Å². The van der Waals surface area contributed by atoms with Crippen molar-refractivity contribution in [3.8, 4) is 0 Å². The Balaban J connectivity index is 4.01. The average Bonchev–Trinajstić information content (AvgIpc) is 2.11. The van der Waals surface area contributed by atoms with Gasteiger partial charge in [-0.1, -0.05) is 31.8 Å². The van der Waals surface area contributed by atoms with Crippen LogP contribution in [0.2, 0.25) is 19.1 Å². The number of carbonyl (C=O) groups excluding carboxylic acids is 1. The number of hydrogen-bond acceptors (Lipinski definition) is 2. The lowest BCUT2D eigenvalue weighted by Crippen LogP contribution is -2.21. The van der Waals surface area contributed by atoms with Gasteiger partial charge in [-0.15, -0.1) is 6.58 Å². The molecule has 3 heteroatoms. The van der Waals surface area contributed by atoms with E-state index in [2.05, 4.69) is 19.7 Å². The summed E-state index contributed by atoms with van der Waals surface area (Å²) >= 11 is 0. The number of allylic oxidation sites excluding steroid dienone is 1. The lowest BCUT2D eigenvalue weighted by Gasteiger charge is -2.13. The number of ether oxygens (including phenoxy) is 1. The van der Waals surface area contributed by atoms with E-state index in [0.29, 0.717) is 6.61 Å². The van der Waals surface area contributed by atoms with Gasteiger partial charge in [0.1, 0.15) is 0 Å². The molecule has 2 nitrogen and oxygen atoms in total. The van der Waals surface area contributed by atoms with Gasteiger partial charge in [0.25, 0.3) is 0 Å². The van der Waals surface area contributed by atoms with Crippen LogP contribution in [0.3, 0.4) is 0 Å². The van der Waals surface area contributed by atoms with E-state index in [1.165, 1.54) is 0 Å². The van der Waals surface area contributed by atoms with Crippen LogP contribution < -0.4 is 0 Å². The lowest BCUT2D eigenvalue weighted by atomic mass is 10.5. The summed E-state index contributed by atoms with van der Waals surface area (Å²) in [4.78, 5) is 11.1. The second-order valence-corrected chi connectivity index (χ2v) is 8.70. The van der Waals surface area contributed by atoms with Crippen molar-refractivity contribution < 1.29 is 9.53 Å². The Hall–Kier alpha value is -0.833. The summed E-state index contributed by atoms with van der Waals surface area (Å²) in [6.45, 7) is 10.6. The van der Waals surface area contributed by atoms with E-state index in [1.807, 2.05) is 18.7 Å². The molecule has 0 saturated carbocycles. The van der Waals surface area contributed by atoms with Gasteiger partial charge in [-0.3, -0.25) is 0 Å². The maximum atomic E-state index is 11.1. The Morgan fingerprint density at radius 1 is 1.50 bits per heavy atom. The summed E-state index contributed by atoms with van der Waals surface area (Å²) in [6.07, 6.45) is 4.34. The fraction of sp³-hybridized carbons (Fsp3) is 0.545. The predicted octanol–water partition coefficient (Wildman–Crippen LogP) is 2.93.